The molecule has 3 heterocycles. The molecular weight excluding hydrogens is 549 g/mol. The fraction of sp³-hybridized carbons (Fsp3) is 0.300. The quantitative estimate of drug-likeness (QED) is 0.284. The Kier molecular flexibility index (Phi) is 7.95. The van der Waals surface area contributed by atoms with Crippen LogP contribution in [-0.2, 0) is 28.7 Å². The van der Waals surface area contributed by atoms with Crippen molar-refractivity contribution in [2.45, 2.75) is 33.0 Å². The van der Waals surface area contributed by atoms with Crippen LogP contribution in [0, 0.1) is 25.7 Å². The number of hydrogen-bond acceptors (Lipinski definition) is 7. The minimum absolute atomic E-state index is 0.0137. The molecule has 1 aliphatic rings. The Labute approximate surface area is 239 Å². The Morgan fingerprint density at radius 3 is 2.50 bits per heavy atom. The predicted octanol–water partition coefficient (Wildman–Crippen LogP) is 3.73. The van der Waals surface area contributed by atoms with Gasteiger partial charge < -0.3 is 15.4 Å². The molecule has 1 fully saturated rings. The standard InChI is InChI=1S/C30H27F3N6O3/c1-18-3-5-20(14-25(40)22-6-4-19(2)23(15-22)30(31,32)33)13-21(18)7-8-24-27-28(34)35-17-36-29(27)39(37-24)16-26(41)38-9-11-42-12-10-38/h3-6,13,15,17H,9-12,14,16H2,1-2H3,(H2,34,35,36). The second-order valence-electron chi connectivity index (χ2n) is 9.98. The van der Waals surface area contributed by atoms with Crippen LogP contribution in [0.2, 0.25) is 0 Å². The van der Waals surface area contributed by atoms with Gasteiger partial charge in [-0.3, -0.25) is 9.59 Å². The van der Waals surface area contributed by atoms with Crippen molar-refractivity contribution in [3.8, 4) is 11.8 Å². The summed E-state index contributed by atoms with van der Waals surface area (Å²) in [6, 6.07) is 8.85. The molecule has 216 valence electrons. The van der Waals surface area contributed by atoms with Gasteiger partial charge in [0.2, 0.25) is 5.91 Å². The van der Waals surface area contributed by atoms with Gasteiger partial charge in [0.25, 0.3) is 0 Å². The van der Waals surface area contributed by atoms with E-state index in [1.807, 2.05) is 6.92 Å². The van der Waals surface area contributed by atoms with E-state index in [1.165, 1.54) is 30.1 Å². The monoisotopic (exact) mass is 576 g/mol. The van der Waals surface area contributed by atoms with Crippen molar-refractivity contribution in [2.24, 2.45) is 0 Å². The van der Waals surface area contributed by atoms with Crippen LogP contribution in [0.5, 0.6) is 0 Å². The molecule has 1 saturated heterocycles. The summed E-state index contributed by atoms with van der Waals surface area (Å²) in [7, 11) is 0. The fourth-order valence-corrected chi connectivity index (χ4v) is 4.70. The minimum Gasteiger partial charge on any atom is -0.383 e. The molecule has 9 nitrogen and oxygen atoms in total. The van der Waals surface area contributed by atoms with Gasteiger partial charge in [0.05, 0.1) is 24.2 Å². The molecule has 0 saturated carbocycles. The lowest BCUT2D eigenvalue weighted by molar-refractivity contribution is -0.138. The first-order chi connectivity index (χ1) is 20.0. The lowest BCUT2D eigenvalue weighted by Gasteiger charge is -2.26. The summed E-state index contributed by atoms with van der Waals surface area (Å²) in [5.74, 6) is 5.66. The van der Waals surface area contributed by atoms with Gasteiger partial charge in [-0.05, 0) is 48.6 Å². The predicted molar refractivity (Wildman–Crippen MR) is 149 cm³/mol. The normalized spacial score (nSPS) is 13.6. The maximum Gasteiger partial charge on any atom is 0.416 e. The number of ether oxygens (including phenoxy) is 1. The first-order valence-corrected chi connectivity index (χ1v) is 13.2. The average Bonchev–Trinajstić information content (AvgIpc) is 3.31. The number of aromatic nitrogens is 4. The van der Waals surface area contributed by atoms with Crippen molar-refractivity contribution in [1.29, 1.82) is 0 Å². The van der Waals surface area contributed by atoms with Crippen molar-refractivity contribution >= 4 is 28.5 Å². The number of rotatable bonds is 5. The van der Waals surface area contributed by atoms with Crippen LogP contribution in [0.3, 0.4) is 0 Å². The summed E-state index contributed by atoms with van der Waals surface area (Å²) in [5, 5.41) is 4.93. The van der Waals surface area contributed by atoms with Gasteiger partial charge in [-0.25, -0.2) is 14.6 Å². The molecule has 1 amide bonds. The number of halogens is 3. The summed E-state index contributed by atoms with van der Waals surface area (Å²) in [6.07, 6.45) is -3.35. The van der Waals surface area contributed by atoms with Crippen molar-refractivity contribution in [2.75, 3.05) is 32.0 Å². The molecule has 2 N–H and O–H groups in total. The van der Waals surface area contributed by atoms with E-state index < -0.39 is 17.5 Å². The van der Waals surface area contributed by atoms with Crippen LogP contribution in [0.4, 0.5) is 19.0 Å². The van der Waals surface area contributed by atoms with E-state index in [-0.39, 0.29) is 41.5 Å². The number of aryl methyl sites for hydroxylation is 2. The number of benzene rings is 2. The second kappa shape index (κ2) is 11.6. The second-order valence-corrected chi connectivity index (χ2v) is 9.98. The van der Waals surface area contributed by atoms with E-state index in [2.05, 4.69) is 26.9 Å². The van der Waals surface area contributed by atoms with Crippen molar-refractivity contribution in [3.05, 3.63) is 81.8 Å². The van der Waals surface area contributed by atoms with Gasteiger partial charge in [0.1, 0.15) is 24.4 Å². The summed E-state index contributed by atoms with van der Waals surface area (Å²) < 4.78 is 46.8. The molecule has 0 unspecified atom stereocenters. The van der Waals surface area contributed by atoms with Gasteiger partial charge in [0.15, 0.2) is 11.4 Å². The number of amides is 1. The highest BCUT2D eigenvalue weighted by Crippen LogP contribution is 2.32. The highest BCUT2D eigenvalue weighted by Gasteiger charge is 2.33. The zero-order valence-corrected chi connectivity index (χ0v) is 23.0. The van der Waals surface area contributed by atoms with E-state index >= 15 is 0 Å². The van der Waals surface area contributed by atoms with Gasteiger partial charge >= 0.3 is 6.18 Å². The smallest absolute Gasteiger partial charge is 0.383 e. The van der Waals surface area contributed by atoms with Crippen molar-refractivity contribution in [3.63, 3.8) is 0 Å². The van der Waals surface area contributed by atoms with Gasteiger partial charge in [-0.1, -0.05) is 30.2 Å². The molecule has 0 bridgehead atoms. The number of nitrogen functional groups attached to an aromatic ring is 1. The number of nitrogens with two attached hydrogens (primary N) is 1. The fourth-order valence-electron chi connectivity index (χ4n) is 4.70. The Morgan fingerprint density at radius 1 is 1.02 bits per heavy atom. The summed E-state index contributed by atoms with van der Waals surface area (Å²) in [6.45, 7) is 5.08. The number of morpholine rings is 1. The zero-order chi connectivity index (χ0) is 30.0. The third kappa shape index (κ3) is 6.11. The molecule has 2 aromatic heterocycles. The van der Waals surface area contributed by atoms with Crippen LogP contribution in [0.15, 0.2) is 42.7 Å². The summed E-state index contributed by atoms with van der Waals surface area (Å²) in [5.41, 5.74) is 8.03. The SMILES string of the molecule is Cc1ccc(CC(=O)c2ccc(C)c(C(F)(F)F)c2)cc1C#Cc1nn(CC(=O)N2CCOCC2)c2ncnc(N)c12. The van der Waals surface area contributed by atoms with Crippen LogP contribution in [0.1, 0.15) is 43.9 Å². The topological polar surface area (TPSA) is 116 Å². The van der Waals surface area contributed by atoms with Gasteiger partial charge in [-0.15, -0.1) is 0 Å². The highest BCUT2D eigenvalue weighted by atomic mass is 19.4. The lowest BCUT2D eigenvalue weighted by Crippen LogP contribution is -2.42. The van der Waals surface area contributed by atoms with Gasteiger partial charge in [-0.2, -0.15) is 18.3 Å². The van der Waals surface area contributed by atoms with Crippen molar-refractivity contribution in [1.82, 2.24) is 24.6 Å². The number of hydrogen-bond donors (Lipinski definition) is 1. The number of ketones is 1. The molecule has 42 heavy (non-hydrogen) atoms. The Hall–Kier alpha value is -4.76. The number of fused-ring (bicyclic) bond motifs is 1. The van der Waals surface area contributed by atoms with Gasteiger partial charge in [0, 0.05) is 30.6 Å². The van der Waals surface area contributed by atoms with Crippen LogP contribution >= 0.6 is 0 Å². The Morgan fingerprint density at radius 2 is 1.76 bits per heavy atom. The molecular formula is C30H27F3N6O3. The first kappa shape index (κ1) is 28.8. The largest absolute Gasteiger partial charge is 0.416 e. The van der Waals surface area contributed by atoms with Crippen LogP contribution in [0.25, 0.3) is 11.0 Å². The van der Waals surface area contributed by atoms with Crippen LogP contribution in [-0.4, -0.2) is 62.6 Å². The van der Waals surface area contributed by atoms with E-state index in [0.29, 0.717) is 48.5 Å². The minimum atomic E-state index is -4.55. The molecule has 5 rings (SSSR count). The van der Waals surface area contributed by atoms with E-state index in [1.54, 1.807) is 23.1 Å². The number of nitrogens with zero attached hydrogens (tertiary/aromatic N) is 5. The number of alkyl halides is 3. The third-order valence-corrected chi connectivity index (χ3v) is 7.05. The number of carbonyl (C=O) groups excluding carboxylic acids is 2. The molecule has 12 heteroatoms. The number of anilines is 1. The maximum atomic E-state index is 13.3. The molecule has 0 atom stereocenters. The van der Waals surface area contributed by atoms with E-state index in [0.717, 1.165) is 11.6 Å². The third-order valence-electron chi connectivity index (χ3n) is 7.05. The molecule has 4 aromatic rings. The van der Waals surface area contributed by atoms with E-state index in [9.17, 15) is 22.8 Å². The first-order valence-electron chi connectivity index (χ1n) is 13.2. The lowest BCUT2D eigenvalue weighted by atomic mass is 9.96. The Bertz CT molecular complexity index is 1750. The molecule has 1 aliphatic heterocycles. The Balaban J connectivity index is 1.41. The average molecular weight is 577 g/mol. The molecule has 0 radical (unpaired) electrons. The molecule has 0 aliphatic carbocycles. The summed E-state index contributed by atoms with van der Waals surface area (Å²) in [4.78, 5) is 35.8. The van der Waals surface area contributed by atoms with E-state index in [4.69, 9.17) is 10.5 Å². The number of carbonyl (C=O) groups is 2. The number of Topliss-reactive ketones (excluding diaryl/α,β-unsaturated/α-hetero) is 1. The zero-order valence-electron chi connectivity index (χ0n) is 23.0. The highest BCUT2D eigenvalue weighted by molar-refractivity contribution is 5.98. The van der Waals surface area contributed by atoms with Crippen molar-refractivity contribution < 1.29 is 27.5 Å². The molecule has 2 aromatic carbocycles. The summed E-state index contributed by atoms with van der Waals surface area (Å²) >= 11 is 0. The molecule has 0 spiro atoms. The van der Waals surface area contributed by atoms with Crippen LogP contribution < -0.4 is 5.73 Å². The maximum absolute atomic E-state index is 13.3.